The van der Waals surface area contributed by atoms with Gasteiger partial charge in [0.15, 0.2) is 0 Å². The van der Waals surface area contributed by atoms with Gasteiger partial charge in [0.25, 0.3) is 0 Å². The monoisotopic (exact) mass is 285 g/mol. The molecule has 0 saturated carbocycles. The summed E-state index contributed by atoms with van der Waals surface area (Å²) in [6.07, 6.45) is 2.85. The highest BCUT2D eigenvalue weighted by molar-refractivity contribution is 5.68. The van der Waals surface area contributed by atoms with Crippen LogP contribution in [0.1, 0.15) is 6.92 Å². The molecule has 0 amide bonds. The second-order valence-electron chi connectivity index (χ2n) is 4.89. The first-order valence-corrected chi connectivity index (χ1v) is 7.08. The Morgan fingerprint density at radius 3 is 2.71 bits per heavy atom. The molecule has 4 heteroatoms. The molecule has 0 aliphatic heterocycles. The molecule has 1 aromatic carbocycles. The molecule has 0 N–H and O–H groups in total. The van der Waals surface area contributed by atoms with Crippen molar-refractivity contribution in [2.45, 2.75) is 6.92 Å². The van der Waals surface area contributed by atoms with Crippen LogP contribution in [0.15, 0.2) is 36.4 Å². The fourth-order valence-corrected chi connectivity index (χ4v) is 1.90. The number of benzene rings is 1. The molecule has 0 spiro atoms. The van der Waals surface area contributed by atoms with Crippen LogP contribution in [0.2, 0.25) is 0 Å². The lowest BCUT2D eigenvalue weighted by molar-refractivity contribution is 0.259. The summed E-state index contributed by atoms with van der Waals surface area (Å²) < 4.78 is 11.5. The molecule has 2 aromatic rings. The Balaban J connectivity index is 2.19. The SMILES string of the molecule is CCOc1cc(OCCN(C)C)ccc1-c1ccc[c]n1. The molecule has 0 atom stereocenters. The third-order valence-electron chi connectivity index (χ3n) is 2.95. The molecule has 0 unspecified atom stereocenters. The van der Waals surface area contributed by atoms with Gasteiger partial charge >= 0.3 is 0 Å². The van der Waals surface area contributed by atoms with Crippen LogP contribution >= 0.6 is 0 Å². The lowest BCUT2D eigenvalue weighted by atomic mass is 10.1. The Labute approximate surface area is 126 Å². The summed E-state index contributed by atoms with van der Waals surface area (Å²) in [7, 11) is 4.05. The highest BCUT2D eigenvalue weighted by Crippen LogP contribution is 2.32. The van der Waals surface area contributed by atoms with E-state index in [-0.39, 0.29) is 0 Å². The third-order valence-corrected chi connectivity index (χ3v) is 2.95. The van der Waals surface area contributed by atoms with E-state index in [0.29, 0.717) is 13.2 Å². The Bertz CT molecular complexity index is 556. The number of rotatable bonds is 7. The number of aromatic nitrogens is 1. The Hall–Kier alpha value is -2.07. The molecule has 0 aliphatic rings. The smallest absolute Gasteiger partial charge is 0.132 e. The number of pyridine rings is 1. The summed E-state index contributed by atoms with van der Waals surface area (Å²) in [5, 5.41) is 0. The van der Waals surface area contributed by atoms with Crippen molar-refractivity contribution < 1.29 is 9.47 Å². The van der Waals surface area contributed by atoms with E-state index >= 15 is 0 Å². The number of hydrogen-bond donors (Lipinski definition) is 0. The van der Waals surface area contributed by atoms with Crippen molar-refractivity contribution in [2.24, 2.45) is 0 Å². The first-order valence-electron chi connectivity index (χ1n) is 7.08. The minimum atomic E-state index is 0.602. The fraction of sp³-hybridized carbons (Fsp3) is 0.353. The van der Waals surface area contributed by atoms with E-state index in [9.17, 15) is 0 Å². The van der Waals surface area contributed by atoms with Gasteiger partial charge in [0.05, 0.1) is 18.5 Å². The normalized spacial score (nSPS) is 10.7. The van der Waals surface area contributed by atoms with Crippen LogP contribution in [0.25, 0.3) is 11.3 Å². The topological polar surface area (TPSA) is 34.6 Å². The predicted molar refractivity (Wildman–Crippen MR) is 83.7 cm³/mol. The summed E-state index contributed by atoms with van der Waals surface area (Å²) in [6.45, 7) is 4.09. The molecule has 1 radical (unpaired) electrons. The van der Waals surface area contributed by atoms with E-state index in [1.807, 2.05) is 51.4 Å². The van der Waals surface area contributed by atoms with Crippen molar-refractivity contribution in [3.63, 3.8) is 0 Å². The second-order valence-corrected chi connectivity index (χ2v) is 4.89. The predicted octanol–water partition coefficient (Wildman–Crippen LogP) is 2.89. The Morgan fingerprint density at radius 2 is 2.05 bits per heavy atom. The van der Waals surface area contributed by atoms with Crippen LogP contribution in [-0.2, 0) is 0 Å². The maximum atomic E-state index is 5.74. The van der Waals surface area contributed by atoms with Crippen molar-refractivity contribution in [3.8, 4) is 22.8 Å². The van der Waals surface area contributed by atoms with Crippen LogP contribution < -0.4 is 9.47 Å². The number of likely N-dealkylation sites (N-methyl/N-ethyl adjacent to an activating group) is 1. The zero-order chi connectivity index (χ0) is 15.1. The van der Waals surface area contributed by atoms with Gasteiger partial charge in [-0.25, -0.2) is 4.98 Å². The molecule has 0 aliphatic carbocycles. The van der Waals surface area contributed by atoms with E-state index < -0.39 is 0 Å². The molecule has 0 fully saturated rings. The molecule has 111 valence electrons. The maximum Gasteiger partial charge on any atom is 0.132 e. The van der Waals surface area contributed by atoms with Crippen LogP contribution in [0, 0.1) is 6.20 Å². The van der Waals surface area contributed by atoms with Gasteiger partial charge in [-0.1, -0.05) is 6.07 Å². The minimum absolute atomic E-state index is 0.602. The minimum Gasteiger partial charge on any atom is -0.493 e. The van der Waals surface area contributed by atoms with Gasteiger partial charge in [0, 0.05) is 18.2 Å². The van der Waals surface area contributed by atoms with Crippen LogP contribution in [0.4, 0.5) is 0 Å². The average Bonchev–Trinajstić information content (AvgIpc) is 2.48. The highest BCUT2D eigenvalue weighted by Gasteiger charge is 2.09. The average molecular weight is 285 g/mol. The standard InChI is InChI=1S/C17H21N2O2/c1-4-20-17-13-14(21-12-11-19(2)3)8-9-15(17)16-7-5-6-10-18-16/h5-9,13H,4,11-12H2,1-3H3. The number of ether oxygens (including phenoxy) is 2. The van der Waals surface area contributed by atoms with Crippen molar-refractivity contribution in [3.05, 3.63) is 42.6 Å². The zero-order valence-electron chi connectivity index (χ0n) is 12.8. The van der Waals surface area contributed by atoms with Gasteiger partial charge < -0.3 is 14.4 Å². The summed E-state index contributed by atoms with van der Waals surface area (Å²) >= 11 is 0. The van der Waals surface area contributed by atoms with Gasteiger partial charge in [0.2, 0.25) is 0 Å². The fourth-order valence-electron chi connectivity index (χ4n) is 1.90. The number of nitrogens with zero attached hydrogens (tertiary/aromatic N) is 2. The van der Waals surface area contributed by atoms with Crippen molar-refractivity contribution in [1.29, 1.82) is 0 Å². The number of hydrogen-bond acceptors (Lipinski definition) is 4. The molecular weight excluding hydrogens is 264 g/mol. The van der Waals surface area contributed by atoms with Gasteiger partial charge in [-0.3, -0.25) is 0 Å². The van der Waals surface area contributed by atoms with Crippen LogP contribution in [-0.4, -0.2) is 43.7 Å². The van der Waals surface area contributed by atoms with E-state index in [2.05, 4.69) is 16.1 Å². The van der Waals surface area contributed by atoms with Crippen LogP contribution in [0.3, 0.4) is 0 Å². The molecule has 2 rings (SSSR count). The van der Waals surface area contributed by atoms with Gasteiger partial charge in [-0.15, -0.1) is 0 Å². The summed E-state index contributed by atoms with van der Waals surface area (Å²) in [4.78, 5) is 6.34. The lowest BCUT2D eigenvalue weighted by Crippen LogP contribution is -2.19. The summed E-state index contributed by atoms with van der Waals surface area (Å²) in [5.74, 6) is 1.59. The van der Waals surface area contributed by atoms with Gasteiger partial charge in [-0.2, -0.15) is 0 Å². The maximum absolute atomic E-state index is 5.74. The van der Waals surface area contributed by atoms with Crippen molar-refractivity contribution in [2.75, 3.05) is 33.9 Å². The molecule has 1 heterocycles. The molecule has 21 heavy (non-hydrogen) atoms. The van der Waals surface area contributed by atoms with Crippen molar-refractivity contribution >= 4 is 0 Å². The van der Waals surface area contributed by atoms with Crippen molar-refractivity contribution in [1.82, 2.24) is 9.88 Å². The van der Waals surface area contributed by atoms with E-state index in [1.165, 1.54) is 0 Å². The Kier molecular flexibility index (Phi) is 5.58. The van der Waals surface area contributed by atoms with E-state index in [0.717, 1.165) is 29.3 Å². The quantitative estimate of drug-likeness (QED) is 0.783. The third kappa shape index (κ3) is 4.46. The molecule has 0 saturated heterocycles. The van der Waals surface area contributed by atoms with E-state index in [4.69, 9.17) is 9.47 Å². The largest absolute Gasteiger partial charge is 0.493 e. The molecule has 1 aromatic heterocycles. The molecular formula is C17H21N2O2. The summed E-state index contributed by atoms with van der Waals surface area (Å²) in [5.41, 5.74) is 1.80. The van der Waals surface area contributed by atoms with E-state index in [1.54, 1.807) is 6.07 Å². The highest BCUT2D eigenvalue weighted by atomic mass is 16.5. The summed E-state index contributed by atoms with van der Waals surface area (Å²) in [6, 6.07) is 11.5. The second kappa shape index (κ2) is 7.64. The lowest BCUT2D eigenvalue weighted by Gasteiger charge is -2.14. The molecule has 0 bridgehead atoms. The molecule has 4 nitrogen and oxygen atoms in total. The zero-order valence-corrected chi connectivity index (χ0v) is 12.8. The van der Waals surface area contributed by atoms with Crippen LogP contribution in [0.5, 0.6) is 11.5 Å². The first kappa shape index (κ1) is 15.3. The Morgan fingerprint density at radius 1 is 1.19 bits per heavy atom. The van der Waals surface area contributed by atoms with Gasteiger partial charge in [0.1, 0.15) is 18.1 Å². The van der Waals surface area contributed by atoms with Gasteiger partial charge in [-0.05, 0) is 45.3 Å². The first-order chi connectivity index (χ1) is 10.2.